The molecule has 1 atom stereocenters. The highest BCUT2D eigenvalue weighted by molar-refractivity contribution is 5.83. The second-order valence-corrected chi connectivity index (χ2v) is 3.95. The molecule has 0 aliphatic rings. The highest BCUT2D eigenvalue weighted by Crippen LogP contribution is 2.25. The van der Waals surface area contributed by atoms with Gasteiger partial charge < -0.3 is 15.2 Å². The van der Waals surface area contributed by atoms with Gasteiger partial charge >= 0.3 is 11.7 Å². The second-order valence-electron chi connectivity index (χ2n) is 3.95. The summed E-state index contributed by atoms with van der Waals surface area (Å²) in [5.41, 5.74) is -0.188. The number of nitrogens with zero attached hydrogens (tertiary/aromatic N) is 1. The molecule has 0 aromatic heterocycles. The van der Waals surface area contributed by atoms with Crippen LogP contribution in [0.2, 0.25) is 0 Å². The van der Waals surface area contributed by atoms with E-state index in [1.807, 2.05) is 0 Å². The van der Waals surface area contributed by atoms with Crippen molar-refractivity contribution in [3.8, 4) is 5.75 Å². The van der Waals surface area contributed by atoms with Gasteiger partial charge in [0, 0.05) is 6.07 Å². The number of para-hydroxylation sites is 2. The highest BCUT2D eigenvalue weighted by atomic mass is 16.6. The first-order valence-corrected chi connectivity index (χ1v) is 5.80. The number of hydrogen-bond acceptors (Lipinski definition) is 5. The Morgan fingerprint density at radius 2 is 2.10 bits per heavy atom. The Balaban J connectivity index is 2.47. The van der Waals surface area contributed by atoms with Crippen molar-refractivity contribution in [3.05, 3.63) is 34.4 Å². The van der Waals surface area contributed by atoms with E-state index in [0.717, 1.165) is 0 Å². The van der Waals surface area contributed by atoms with Crippen molar-refractivity contribution in [2.45, 2.75) is 19.4 Å². The largest absolute Gasteiger partial charge is 0.486 e. The number of benzene rings is 1. The van der Waals surface area contributed by atoms with Gasteiger partial charge in [0.1, 0.15) is 6.04 Å². The van der Waals surface area contributed by atoms with Crippen molar-refractivity contribution in [2.24, 2.45) is 0 Å². The van der Waals surface area contributed by atoms with Crippen molar-refractivity contribution >= 4 is 17.6 Å². The lowest BCUT2D eigenvalue weighted by Crippen LogP contribution is -2.38. The van der Waals surface area contributed by atoms with Crippen molar-refractivity contribution < 1.29 is 24.4 Å². The number of hydrogen-bond donors (Lipinski definition) is 2. The van der Waals surface area contributed by atoms with Crippen LogP contribution in [0, 0.1) is 10.1 Å². The third-order valence-electron chi connectivity index (χ3n) is 2.40. The number of carbonyl (C=O) groups excluding carboxylic acids is 1. The quantitative estimate of drug-likeness (QED) is 0.567. The Hall–Kier alpha value is -2.64. The molecule has 1 aromatic rings. The van der Waals surface area contributed by atoms with Crippen molar-refractivity contribution in [1.82, 2.24) is 5.32 Å². The van der Waals surface area contributed by atoms with Crippen LogP contribution in [0.15, 0.2) is 24.3 Å². The highest BCUT2D eigenvalue weighted by Gasteiger charge is 2.16. The fourth-order valence-electron chi connectivity index (χ4n) is 1.36. The zero-order valence-corrected chi connectivity index (χ0v) is 10.7. The number of ether oxygens (including phenoxy) is 1. The van der Waals surface area contributed by atoms with Gasteiger partial charge in [-0.2, -0.15) is 0 Å². The summed E-state index contributed by atoms with van der Waals surface area (Å²) < 4.78 is 5.16. The minimum atomic E-state index is -1.14. The van der Waals surface area contributed by atoms with Gasteiger partial charge in [-0.3, -0.25) is 19.7 Å². The molecule has 20 heavy (non-hydrogen) atoms. The van der Waals surface area contributed by atoms with E-state index in [0.29, 0.717) is 0 Å². The second kappa shape index (κ2) is 7.07. The molecule has 0 heterocycles. The zero-order valence-electron chi connectivity index (χ0n) is 10.7. The summed E-state index contributed by atoms with van der Waals surface area (Å²) in [7, 11) is 0. The van der Waals surface area contributed by atoms with Crippen molar-refractivity contribution in [1.29, 1.82) is 0 Å². The van der Waals surface area contributed by atoms with Gasteiger partial charge in [0.05, 0.1) is 18.0 Å². The molecule has 108 valence electrons. The summed E-state index contributed by atoms with van der Waals surface area (Å²) in [5.74, 6) is -1.58. The van der Waals surface area contributed by atoms with Crippen LogP contribution in [0.4, 0.5) is 5.69 Å². The SMILES string of the molecule is C[C@H](NC(=O)CCOc1ccccc1[N+](=O)[O-])C(=O)O. The first kappa shape index (κ1) is 15.4. The van der Waals surface area contributed by atoms with Crippen LogP contribution in [0.3, 0.4) is 0 Å². The van der Waals surface area contributed by atoms with Crippen LogP contribution in [-0.2, 0) is 9.59 Å². The Bertz CT molecular complexity index is 516. The van der Waals surface area contributed by atoms with Gasteiger partial charge in [-0.25, -0.2) is 0 Å². The van der Waals surface area contributed by atoms with Gasteiger partial charge in [-0.05, 0) is 13.0 Å². The van der Waals surface area contributed by atoms with E-state index in [2.05, 4.69) is 5.32 Å². The fraction of sp³-hybridized carbons (Fsp3) is 0.333. The molecule has 8 heteroatoms. The summed E-state index contributed by atoms with van der Waals surface area (Å²) >= 11 is 0. The lowest BCUT2D eigenvalue weighted by Gasteiger charge is -2.10. The van der Waals surface area contributed by atoms with Crippen LogP contribution >= 0.6 is 0 Å². The maximum Gasteiger partial charge on any atom is 0.325 e. The molecular formula is C12H14N2O6. The van der Waals surface area contributed by atoms with Crippen LogP contribution in [0.25, 0.3) is 0 Å². The number of nitro benzene ring substituents is 1. The molecule has 0 bridgehead atoms. The van der Waals surface area contributed by atoms with E-state index in [-0.39, 0.29) is 24.5 Å². The minimum absolute atomic E-state index is 0.0663. The summed E-state index contributed by atoms with van der Waals surface area (Å²) in [6.07, 6.45) is -0.0936. The molecule has 8 nitrogen and oxygen atoms in total. The van der Waals surface area contributed by atoms with Gasteiger partial charge in [0.15, 0.2) is 5.75 Å². The molecule has 1 amide bonds. The van der Waals surface area contributed by atoms with Crippen LogP contribution in [0.1, 0.15) is 13.3 Å². The third kappa shape index (κ3) is 4.56. The molecular weight excluding hydrogens is 268 g/mol. The first-order valence-electron chi connectivity index (χ1n) is 5.80. The average Bonchev–Trinajstić information content (AvgIpc) is 2.38. The van der Waals surface area contributed by atoms with Crippen molar-refractivity contribution in [3.63, 3.8) is 0 Å². The van der Waals surface area contributed by atoms with Crippen LogP contribution < -0.4 is 10.1 Å². The Morgan fingerprint density at radius 3 is 2.70 bits per heavy atom. The average molecular weight is 282 g/mol. The third-order valence-corrected chi connectivity index (χ3v) is 2.40. The number of rotatable bonds is 7. The van der Waals surface area contributed by atoms with Crippen LogP contribution in [0.5, 0.6) is 5.75 Å². The van der Waals surface area contributed by atoms with Gasteiger partial charge in [-0.1, -0.05) is 12.1 Å². The Kier molecular flexibility index (Phi) is 5.45. The number of aliphatic carboxylic acids is 1. The molecule has 2 N–H and O–H groups in total. The molecule has 0 fully saturated rings. The van der Waals surface area contributed by atoms with E-state index in [4.69, 9.17) is 9.84 Å². The minimum Gasteiger partial charge on any atom is -0.486 e. The van der Waals surface area contributed by atoms with E-state index in [1.165, 1.54) is 25.1 Å². The van der Waals surface area contributed by atoms with E-state index < -0.39 is 22.8 Å². The molecule has 0 unspecified atom stereocenters. The molecule has 0 aliphatic heterocycles. The van der Waals surface area contributed by atoms with Gasteiger partial charge in [0.25, 0.3) is 0 Å². The van der Waals surface area contributed by atoms with E-state index in [1.54, 1.807) is 6.07 Å². The molecule has 0 aliphatic carbocycles. The molecule has 0 saturated heterocycles. The van der Waals surface area contributed by atoms with E-state index in [9.17, 15) is 19.7 Å². The molecule has 1 rings (SSSR count). The molecule has 0 radical (unpaired) electrons. The Labute approximate surface area is 114 Å². The molecule has 1 aromatic carbocycles. The number of carboxylic acid groups (broad SMARTS) is 1. The predicted molar refractivity (Wildman–Crippen MR) is 68.4 cm³/mol. The maximum absolute atomic E-state index is 11.4. The number of carboxylic acids is 1. The zero-order chi connectivity index (χ0) is 15.1. The smallest absolute Gasteiger partial charge is 0.325 e. The number of carbonyl (C=O) groups is 2. The number of nitrogens with one attached hydrogen (secondary N) is 1. The van der Waals surface area contributed by atoms with Crippen molar-refractivity contribution in [2.75, 3.05) is 6.61 Å². The summed E-state index contributed by atoms with van der Waals surface area (Å²) in [5, 5.41) is 21.6. The Morgan fingerprint density at radius 1 is 1.45 bits per heavy atom. The summed E-state index contributed by atoms with van der Waals surface area (Å²) in [4.78, 5) is 32.0. The van der Waals surface area contributed by atoms with Crippen LogP contribution in [-0.4, -0.2) is 34.6 Å². The first-order chi connectivity index (χ1) is 9.41. The molecule has 0 saturated carbocycles. The summed E-state index contributed by atoms with van der Waals surface area (Å²) in [6, 6.07) is 4.81. The maximum atomic E-state index is 11.4. The number of amides is 1. The molecule has 0 spiro atoms. The van der Waals surface area contributed by atoms with E-state index >= 15 is 0 Å². The standard InChI is InChI=1S/C12H14N2O6/c1-8(12(16)17)13-11(15)6-7-20-10-5-3-2-4-9(10)14(18)19/h2-5,8H,6-7H2,1H3,(H,13,15)(H,16,17)/t8-/m0/s1. The number of nitro groups is 1. The lowest BCUT2D eigenvalue weighted by atomic mass is 10.3. The van der Waals surface area contributed by atoms with Gasteiger partial charge in [-0.15, -0.1) is 0 Å². The fourth-order valence-corrected chi connectivity index (χ4v) is 1.36. The topological polar surface area (TPSA) is 119 Å². The van der Waals surface area contributed by atoms with Gasteiger partial charge in [0.2, 0.25) is 5.91 Å². The monoisotopic (exact) mass is 282 g/mol. The predicted octanol–water partition coefficient (Wildman–Crippen LogP) is 0.953. The normalized spacial score (nSPS) is 11.4. The summed E-state index contributed by atoms with van der Waals surface area (Å²) in [6.45, 7) is 1.26. The lowest BCUT2D eigenvalue weighted by molar-refractivity contribution is -0.385.